The number of hydrogen-bond donors (Lipinski definition) is 2. The lowest BCUT2D eigenvalue weighted by Crippen LogP contribution is -2.11. The van der Waals surface area contributed by atoms with Crippen molar-refractivity contribution in [3.8, 4) is 0 Å². The maximum absolute atomic E-state index is 11.6. The second-order valence-electron chi connectivity index (χ2n) is 4.01. The lowest BCUT2D eigenvalue weighted by Gasteiger charge is -2.05. The van der Waals surface area contributed by atoms with Crippen molar-refractivity contribution in [2.45, 2.75) is 32.1 Å². The summed E-state index contributed by atoms with van der Waals surface area (Å²) in [5.41, 5.74) is 6.24. The van der Waals surface area contributed by atoms with Crippen molar-refractivity contribution < 1.29 is 4.79 Å². The number of amides is 1. The maximum Gasteiger partial charge on any atom is 0.224 e. The summed E-state index contributed by atoms with van der Waals surface area (Å²) in [5.74, 6) is 0.0795. The monoisotopic (exact) mass is 298 g/mol. The minimum atomic E-state index is 0.0795. The molecule has 0 bridgehead atoms. The number of hydrogen-bond acceptors (Lipinski definition) is 2. The van der Waals surface area contributed by atoms with Crippen molar-refractivity contribution in [2.75, 3.05) is 11.9 Å². The lowest BCUT2D eigenvalue weighted by atomic mass is 10.1. The van der Waals surface area contributed by atoms with Crippen LogP contribution in [0.3, 0.4) is 0 Å². The van der Waals surface area contributed by atoms with Crippen LogP contribution in [0, 0.1) is 0 Å². The van der Waals surface area contributed by atoms with Gasteiger partial charge in [0.15, 0.2) is 0 Å². The summed E-state index contributed by atoms with van der Waals surface area (Å²) in [6, 6.07) is 7.62. The van der Waals surface area contributed by atoms with E-state index in [9.17, 15) is 4.79 Å². The van der Waals surface area contributed by atoms with Crippen molar-refractivity contribution in [3.05, 3.63) is 28.7 Å². The van der Waals surface area contributed by atoms with Gasteiger partial charge in [0.05, 0.1) is 0 Å². The van der Waals surface area contributed by atoms with Gasteiger partial charge in [0, 0.05) is 16.6 Å². The van der Waals surface area contributed by atoms with Gasteiger partial charge < -0.3 is 11.1 Å². The second kappa shape index (κ2) is 8.25. The highest BCUT2D eigenvalue weighted by Gasteiger charge is 2.02. The zero-order chi connectivity index (χ0) is 12.5. The first-order valence-electron chi connectivity index (χ1n) is 5.98. The molecule has 0 aliphatic rings. The molecule has 3 N–H and O–H groups in total. The molecule has 0 spiro atoms. The van der Waals surface area contributed by atoms with E-state index < -0.39 is 0 Å². The molecule has 17 heavy (non-hydrogen) atoms. The van der Waals surface area contributed by atoms with Crippen LogP contribution in [0.1, 0.15) is 32.1 Å². The number of anilines is 1. The van der Waals surface area contributed by atoms with Crippen LogP contribution in [0.25, 0.3) is 0 Å². The van der Waals surface area contributed by atoms with Crippen LogP contribution >= 0.6 is 15.9 Å². The average Bonchev–Trinajstić information content (AvgIpc) is 2.29. The minimum Gasteiger partial charge on any atom is -0.330 e. The van der Waals surface area contributed by atoms with Crippen LogP contribution in [0.4, 0.5) is 5.69 Å². The smallest absolute Gasteiger partial charge is 0.224 e. The fourth-order valence-electron chi connectivity index (χ4n) is 1.57. The predicted molar refractivity (Wildman–Crippen MR) is 74.9 cm³/mol. The van der Waals surface area contributed by atoms with E-state index in [-0.39, 0.29) is 5.91 Å². The molecule has 1 aromatic carbocycles. The van der Waals surface area contributed by atoms with Gasteiger partial charge in [0.2, 0.25) is 5.91 Å². The molecule has 0 unspecified atom stereocenters. The van der Waals surface area contributed by atoms with Gasteiger partial charge in [0.25, 0.3) is 0 Å². The molecule has 0 aromatic heterocycles. The van der Waals surface area contributed by atoms with E-state index in [0.29, 0.717) is 6.42 Å². The largest absolute Gasteiger partial charge is 0.330 e. The predicted octanol–water partition coefficient (Wildman–Crippen LogP) is 3.30. The number of rotatable bonds is 7. The molecule has 0 atom stereocenters. The first-order valence-corrected chi connectivity index (χ1v) is 6.77. The maximum atomic E-state index is 11.6. The van der Waals surface area contributed by atoms with Gasteiger partial charge in [-0.15, -0.1) is 0 Å². The van der Waals surface area contributed by atoms with Crippen LogP contribution < -0.4 is 11.1 Å². The van der Waals surface area contributed by atoms with E-state index in [2.05, 4.69) is 21.2 Å². The Morgan fingerprint density at radius 2 is 2.00 bits per heavy atom. The number of carbonyl (C=O) groups excluding carboxylic acids is 1. The summed E-state index contributed by atoms with van der Waals surface area (Å²) >= 11 is 3.37. The number of nitrogens with two attached hydrogens (primary N) is 1. The molecule has 4 heteroatoms. The third kappa shape index (κ3) is 6.44. The molecule has 0 aliphatic carbocycles. The summed E-state index contributed by atoms with van der Waals surface area (Å²) in [6.07, 6.45) is 4.74. The summed E-state index contributed by atoms with van der Waals surface area (Å²) in [7, 11) is 0. The van der Waals surface area contributed by atoms with Crippen LogP contribution in [0.2, 0.25) is 0 Å². The number of unbranched alkanes of at least 4 members (excludes halogenated alkanes) is 3. The van der Waals surface area contributed by atoms with Crippen molar-refractivity contribution in [3.63, 3.8) is 0 Å². The van der Waals surface area contributed by atoms with Gasteiger partial charge >= 0.3 is 0 Å². The van der Waals surface area contributed by atoms with Gasteiger partial charge in [-0.05, 0) is 37.6 Å². The molecule has 0 saturated carbocycles. The highest BCUT2D eigenvalue weighted by Crippen LogP contribution is 2.16. The third-order valence-electron chi connectivity index (χ3n) is 2.47. The van der Waals surface area contributed by atoms with Crippen LogP contribution in [0.5, 0.6) is 0 Å². The van der Waals surface area contributed by atoms with E-state index in [0.717, 1.165) is 42.4 Å². The fraction of sp³-hybridized carbons (Fsp3) is 0.462. The van der Waals surface area contributed by atoms with Gasteiger partial charge in [-0.2, -0.15) is 0 Å². The quantitative estimate of drug-likeness (QED) is 0.759. The Morgan fingerprint density at radius 3 is 2.71 bits per heavy atom. The molecule has 0 aliphatic heterocycles. The number of carbonyl (C=O) groups is 1. The Bertz CT molecular complexity index is 355. The third-order valence-corrected chi connectivity index (χ3v) is 2.96. The summed E-state index contributed by atoms with van der Waals surface area (Å²) in [5, 5.41) is 2.88. The highest BCUT2D eigenvalue weighted by atomic mass is 79.9. The van der Waals surface area contributed by atoms with Crippen LogP contribution in [-0.4, -0.2) is 12.5 Å². The molecule has 0 saturated heterocycles. The highest BCUT2D eigenvalue weighted by molar-refractivity contribution is 9.10. The fourth-order valence-corrected chi connectivity index (χ4v) is 1.97. The lowest BCUT2D eigenvalue weighted by molar-refractivity contribution is -0.116. The first-order chi connectivity index (χ1) is 8.22. The molecular formula is C13H19BrN2O. The SMILES string of the molecule is NCCCCCCC(=O)Nc1cccc(Br)c1. The van der Waals surface area contributed by atoms with Gasteiger partial charge in [0.1, 0.15) is 0 Å². The summed E-state index contributed by atoms with van der Waals surface area (Å²) in [4.78, 5) is 11.6. The van der Waals surface area contributed by atoms with Crippen molar-refractivity contribution in [1.29, 1.82) is 0 Å². The van der Waals surface area contributed by atoms with Gasteiger partial charge in [-0.1, -0.05) is 34.8 Å². The average molecular weight is 299 g/mol. The van der Waals surface area contributed by atoms with Gasteiger partial charge in [-0.25, -0.2) is 0 Å². The zero-order valence-electron chi connectivity index (χ0n) is 9.92. The van der Waals surface area contributed by atoms with Gasteiger partial charge in [-0.3, -0.25) is 4.79 Å². The molecule has 1 rings (SSSR count). The van der Waals surface area contributed by atoms with Crippen molar-refractivity contribution in [2.24, 2.45) is 5.73 Å². The molecule has 0 radical (unpaired) electrons. The molecule has 0 heterocycles. The minimum absolute atomic E-state index is 0.0795. The Morgan fingerprint density at radius 1 is 1.24 bits per heavy atom. The molecule has 1 amide bonds. The first kappa shape index (κ1) is 14.2. The number of benzene rings is 1. The molecule has 1 aromatic rings. The number of nitrogens with one attached hydrogen (secondary N) is 1. The van der Waals surface area contributed by atoms with E-state index in [1.165, 1.54) is 0 Å². The van der Waals surface area contributed by atoms with E-state index in [1.807, 2.05) is 24.3 Å². The summed E-state index contributed by atoms with van der Waals surface area (Å²) in [6.45, 7) is 0.740. The van der Waals surface area contributed by atoms with Crippen LogP contribution in [0.15, 0.2) is 28.7 Å². The Balaban J connectivity index is 2.21. The van der Waals surface area contributed by atoms with Crippen molar-refractivity contribution >= 4 is 27.5 Å². The zero-order valence-corrected chi connectivity index (χ0v) is 11.5. The molecular weight excluding hydrogens is 280 g/mol. The summed E-state index contributed by atoms with van der Waals surface area (Å²) < 4.78 is 0.971. The normalized spacial score (nSPS) is 10.2. The second-order valence-corrected chi connectivity index (χ2v) is 4.93. The Kier molecular flexibility index (Phi) is 6.89. The van der Waals surface area contributed by atoms with E-state index >= 15 is 0 Å². The standard InChI is InChI=1S/C13H19BrN2O/c14-11-6-5-7-12(10-11)16-13(17)8-3-1-2-4-9-15/h5-7,10H,1-4,8-9,15H2,(H,16,17). The molecule has 94 valence electrons. The molecule has 3 nitrogen and oxygen atoms in total. The topological polar surface area (TPSA) is 55.1 Å². The van der Waals surface area contributed by atoms with E-state index in [1.54, 1.807) is 0 Å². The van der Waals surface area contributed by atoms with E-state index in [4.69, 9.17) is 5.73 Å². The molecule has 0 fully saturated rings. The number of halogens is 1. The Labute approximate surface area is 111 Å². The Hall–Kier alpha value is -0.870. The van der Waals surface area contributed by atoms with Crippen LogP contribution in [-0.2, 0) is 4.79 Å². The van der Waals surface area contributed by atoms with Crippen molar-refractivity contribution in [1.82, 2.24) is 0 Å².